The summed E-state index contributed by atoms with van der Waals surface area (Å²) < 4.78 is 0.519. The first kappa shape index (κ1) is 14.3. The van der Waals surface area contributed by atoms with Crippen molar-refractivity contribution in [3.63, 3.8) is 0 Å². The highest BCUT2D eigenvalue weighted by Gasteiger charge is 2.21. The van der Waals surface area contributed by atoms with Crippen LogP contribution in [0.1, 0.15) is 0 Å². The molecule has 1 fully saturated rings. The summed E-state index contributed by atoms with van der Waals surface area (Å²) in [6.07, 6.45) is 1.57. The molecule has 0 bridgehead atoms. The van der Waals surface area contributed by atoms with Crippen molar-refractivity contribution in [2.75, 3.05) is 34.0 Å². The fourth-order valence-electron chi connectivity index (χ4n) is 1.69. The van der Waals surface area contributed by atoms with Crippen LogP contribution in [0.5, 0.6) is 0 Å². The molecule has 0 aromatic carbocycles. The number of hydrogen-bond acceptors (Lipinski definition) is 5. The molecule has 0 saturated carbocycles. The second-order valence-electron chi connectivity index (χ2n) is 4.04. The highest BCUT2D eigenvalue weighted by molar-refractivity contribution is 8.08. The molecular weight excluding hydrogens is 256 g/mol. The standard InChI is InChI=1S/C11H19ClN4S/c1-9(12)17-11(5-13)6-16-8-14(3)7-15(4)10(16)2/h5H,1-2,6-8,13H2,3-4H3/b11-5-. The molecule has 96 valence electrons. The molecule has 1 heterocycles. The van der Waals surface area contributed by atoms with Crippen molar-refractivity contribution in [2.24, 2.45) is 5.73 Å². The second-order valence-corrected chi connectivity index (χ2v) is 5.94. The van der Waals surface area contributed by atoms with E-state index in [-0.39, 0.29) is 0 Å². The molecule has 6 heteroatoms. The van der Waals surface area contributed by atoms with Gasteiger partial charge in [0, 0.05) is 18.2 Å². The first-order valence-electron chi connectivity index (χ1n) is 5.20. The number of nitrogens with zero attached hydrogens (tertiary/aromatic N) is 3. The molecule has 0 unspecified atom stereocenters. The summed E-state index contributed by atoms with van der Waals surface area (Å²) in [4.78, 5) is 7.41. The van der Waals surface area contributed by atoms with Gasteiger partial charge in [-0.25, -0.2) is 0 Å². The summed E-state index contributed by atoms with van der Waals surface area (Å²) >= 11 is 7.16. The lowest BCUT2D eigenvalue weighted by molar-refractivity contribution is 0.0581. The van der Waals surface area contributed by atoms with Gasteiger partial charge in [-0.05, 0) is 7.05 Å². The van der Waals surface area contributed by atoms with Crippen molar-refractivity contribution in [2.45, 2.75) is 0 Å². The van der Waals surface area contributed by atoms with Gasteiger partial charge in [0.2, 0.25) is 0 Å². The van der Waals surface area contributed by atoms with Crippen LogP contribution >= 0.6 is 23.4 Å². The number of thioether (sulfide) groups is 1. The maximum absolute atomic E-state index is 5.77. The largest absolute Gasteiger partial charge is 0.404 e. The molecule has 1 aliphatic rings. The Kier molecular flexibility index (Phi) is 5.24. The molecule has 4 nitrogen and oxygen atoms in total. The van der Waals surface area contributed by atoms with Gasteiger partial charge >= 0.3 is 0 Å². The van der Waals surface area contributed by atoms with Crippen LogP contribution in [0.2, 0.25) is 0 Å². The fraction of sp³-hybridized carbons (Fsp3) is 0.455. The molecule has 1 saturated heterocycles. The Morgan fingerprint density at radius 3 is 2.71 bits per heavy atom. The smallest absolute Gasteiger partial charge is 0.0986 e. The third kappa shape index (κ3) is 4.18. The Balaban J connectivity index is 2.65. The molecule has 0 aromatic heterocycles. The van der Waals surface area contributed by atoms with Crippen molar-refractivity contribution in [1.82, 2.24) is 14.7 Å². The predicted molar refractivity (Wildman–Crippen MR) is 76.0 cm³/mol. The molecular formula is C11H19ClN4S. The van der Waals surface area contributed by atoms with E-state index in [9.17, 15) is 0 Å². The third-order valence-corrected chi connectivity index (χ3v) is 3.43. The quantitative estimate of drug-likeness (QED) is 0.846. The van der Waals surface area contributed by atoms with Gasteiger partial charge in [0.15, 0.2) is 0 Å². The first-order chi connectivity index (χ1) is 7.93. The van der Waals surface area contributed by atoms with Gasteiger partial charge in [0.25, 0.3) is 0 Å². The minimum atomic E-state index is 0.519. The Bertz CT molecular complexity index is 342. The van der Waals surface area contributed by atoms with Gasteiger partial charge in [-0.3, -0.25) is 4.90 Å². The van der Waals surface area contributed by atoms with Gasteiger partial charge in [0.1, 0.15) is 0 Å². The highest BCUT2D eigenvalue weighted by atomic mass is 35.5. The second kappa shape index (κ2) is 6.23. The van der Waals surface area contributed by atoms with E-state index in [0.29, 0.717) is 10.9 Å². The van der Waals surface area contributed by atoms with Gasteiger partial charge in [0.05, 0.1) is 30.1 Å². The summed E-state index contributed by atoms with van der Waals surface area (Å²) in [6, 6.07) is 0. The monoisotopic (exact) mass is 274 g/mol. The molecule has 0 radical (unpaired) electrons. The van der Waals surface area contributed by atoms with Crippen molar-refractivity contribution < 1.29 is 0 Å². The summed E-state index contributed by atoms with van der Waals surface area (Å²) in [6.45, 7) is 10.1. The molecule has 0 spiro atoms. The van der Waals surface area contributed by atoms with Crippen LogP contribution < -0.4 is 5.73 Å². The summed E-state index contributed by atoms with van der Waals surface area (Å²) in [7, 11) is 4.08. The molecule has 2 N–H and O–H groups in total. The van der Waals surface area contributed by atoms with Crippen LogP contribution in [0.15, 0.2) is 34.4 Å². The van der Waals surface area contributed by atoms with Gasteiger partial charge in [-0.15, -0.1) is 0 Å². The SMILES string of the molecule is C=C(Cl)S/C(=C\N)CN1CN(C)CN(C)C1=C. The van der Waals surface area contributed by atoms with E-state index in [2.05, 4.69) is 34.9 Å². The topological polar surface area (TPSA) is 35.7 Å². The van der Waals surface area contributed by atoms with E-state index in [1.165, 1.54) is 11.8 Å². The molecule has 1 aliphatic heterocycles. The summed E-state index contributed by atoms with van der Waals surface area (Å²) in [5.41, 5.74) is 5.59. The van der Waals surface area contributed by atoms with Crippen LogP contribution in [0.25, 0.3) is 0 Å². The van der Waals surface area contributed by atoms with Crippen LogP contribution in [0, 0.1) is 0 Å². The first-order valence-corrected chi connectivity index (χ1v) is 6.40. The lowest BCUT2D eigenvalue weighted by Crippen LogP contribution is -2.50. The average Bonchev–Trinajstić information content (AvgIpc) is 2.23. The molecule has 0 atom stereocenters. The van der Waals surface area contributed by atoms with E-state index in [1.807, 2.05) is 7.05 Å². The molecule has 0 amide bonds. The molecule has 1 rings (SSSR count). The zero-order valence-corrected chi connectivity index (χ0v) is 11.9. The summed E-state index contributed by atoms with van der Waals surface area (Å²) in [5, 5.41) is 0. The maximum Gasteiger partial charge on any atom is 0.0986 e. The van der Waals surface area contributed by atoms with E-state index < -0.39 is 0 Å². The minimum absolute atomic E-state index is 0.519. The molecule has 17 heavy (non-hydrogen) atoms. The Labute approximate surface area is 112 Å². The Morgan fingerprint density at radius 2 is 2.18 bits per heavy atom. The number of halogens is 1. The normalized spacial score (nSPS) is 18.8. The van der Waals surface area contributed by atoms with Crippen molar-refractivity contribution in [1.29, 1.82) is 0 Å². The highest BCUT2D eigenvalue weighted by Crippen LogP contribution is 2.28. The van der Waals surface area contributed by atoms with Crippen LogP contribution in [-0.2, 0) is 0 Å². The fourth-order valence-corrected chi connectivity index (χ4v) is 2.56. The van der Waals surface area contributed by atoms with E-state index in [4.69, 9.17) is 17.3 Å². The van der Waals surface area contributed by atoms with Crippen molar-refractivity contribution in [3.8, 4) is 0 Å². The van der Waals surface area contributed by atoms with E-state index >= 15 is 0 Å². The van der Waals surface area contributed by atoms with Crippen LogP contribution in [0.3, 0.4) is 0 Å². The van der Waals surface area contributed by atoms with Crippen LogP contribution in [0.4, 0.5) is 0 Å². The van der Waals surface area contributed by atoms with E-state index in [1.54, 1.807) is 6.20 Å². The minimum Gasteiger partial charge on any atom is -0.404 e. The number of hydrogen-bond donors (Lipinski definition) is 1. The zero-order valence-electron chi connectivity index (χ0n) is 10.3. The zero-order chi connectivity index (χ0) is 13.0. The van der Waals surface area contributed by atoms with Gasteiger partial charge in [-0.1, -0.05) is 36.5 Å². The molecule has 0 aromatic rings. The average molecular weight is 275 g/mol. The van der Waals surface area contributed by atoms with Crippen molar-refractivity contribution >= 4 is 23.4 Å². The number of nitrogens with two attached hydrogens (primary N) is 1. The third-order valence-electron chi connectivity index (χ3n) is 2.45. The number of rotatable bonds is 4. The Hall–Kier alpha value is -0.780. The maximum atomic E-state index is 5.77. The van der Waals surface area contributed by atoms with Gasteiger partial charge < -0.3 is 15.5 Å². The lowest BCUT2D eigenvalue weighted by atomic mass is 10.4. The Morgan fingerprint density at radius 1 is 1.53 bits per heavy atom. The van der Waals surface area contributed by atoms with Gasteiger partial charge in [-0.2, -0.15) is 0 Å². The predicted octanol–water partition coefficient (Wildman–Crippen LogP) is 1.80. The van der Waals surface area contributed by atoms with Crippen molar-refractivity contribution in [3.05, 3.63) is 34.4 Å². The lowest BCUT2D eigenvalue weighted by Gasteiger charge is -2.42. The molecule has 0 aliphatic carbocycles. The van der Waals surface area contributed by atoms with E-state index in [0.717, 1.165) is 24.1 Å². The van der Waals surface area contributed by atoms with Crippen LogP contribution in [-0.4, -0.2) is 48.7 Å². The summed E-state index contributed by atoms with van der Waals surface area (Å²) in [5.74, 6) is 0.989.